The van der Waals surface area contributed by atoms with Gasteiger partial charge < -0.3 is 44.1 Å². The first kappa shape index (κ1) is 43.9. The van der Waals surface area contributed by atoms with Crippen LogP contribution < -0.4 is 23.3 Å². The number of carbonyl (C=O) groups excluding carboxylic acids is 2. The molecule has 4 aromatic rings. The standard InChI is InChI=1S/C30H32ClN3O8S.C17H19NO3/c1-32(2)28(36)24-15-19(35)17-33(24)30(21-8-6-7-9-25(21)41-4)22-14-18(31)10-12-23(22)34(29(30)37)43(38,39)27-13-11-20(40-3)16-26(27)42-5;1-18-7-6-17-10-3-5-13(20)16(17)21-15-12(19)4-2-9(14(15)17)8-11(10)18/h6-14,16,19,24,35H,15,17H2,1-5H3;2-5,10-11,13,16,19-20H,6-8H2,1H3/t19-,24+,30+;10-,11+,13-,16-,17-/m10/s1. The Morgan fingerprint density at radius 1 is 0.938 bits per heavy atom. The molecule has 8 atom stereocenters. The van der Waals surface area contributed by atoms with Gasteiger partial charge in [0.05, 0.1) is 39.2 Å². The van der Waals surface area contributed by atoms with Crippen molar-refractivity contribution in [3.05, 3.63) is 112 Å². The highest BCUT2D eigenvalue weighted by Crippen LogP contribution is 2.62. The second-order valence-corrected chi connectivity index (χ2v) is 19.6. The third-order valence-electron chi connectivity index (χ3n) is 14.0. The summed E-state index contributed by atoms with van der Waals surface area (Å²) in [6.45, 7) is 0.899. The van der Waals surface area contributed by atoms with Crippen molar-refractivity contribution >= 4 is 39.1 Å². The average molecular weight is 915 g/mol. The third kappa shape index (κ3) is 6.24. The second kappa shape index (κ2) is 16.0. The minimum absolute atomic E-state index is 0.0240. The zero-order valence-electron chi connectivity index (χ0n) is 36.3. The number of halogens is 1. The fourth-order valence-electron chi connectivity index (χ4n) is 11.3. The summed E-state index contributed by atoms with van der Waals surface area (Å²) in [6.07, 6.45) is 4.22. The smallest absolute Gasteiger partial charge is 0.274 e. The summed E-state index contributed by atoms with van der Waals surface area (Å²) in [5.41, 5.74) is 0.897. The number of aliphatic hydroxyl groups excluding tert-OH is 2. The number of nitrogens with zero attached hydrogens (tertiary/aromatic N) is 4. The fraction of sp³-hybridized carbons (Fsp3) is 0.404. The predicted molar refractivity (Wildman–Crippen MR) is 237 cm³/mol. The van der Waals surface area contributed by atoms with Gasteiger partial charge in [0, 0.05) is 65.8 Å². The maximum atomic E-state index is 15.2. The van der Waals surface area contributed by atoms with Crippen LogP contribution in [-0.2, 0) is 37.0 Å². The topological polar surface area (TPSA) is 179 Å². The summed E-state index contributed by atoms with van der Waals surface area (Å²) >= 11 is 6.52. The molecule has 2 bridgehead atoms. The van der Waals surface area contributed by atoms with Crippen molar-refractivity contribution in [3.63, 3.8) is 0 Å². The summed E-state index contributed by atoms with van der Waals surface area (Å²) in [5.74, 6) is 0.540. The first-order chi connectivity index (χ1) is 30.6. The maximum absolute atomic E-state index is 15.2. The second-order valence-electron chi connectivity index (χ2n) is 17.4. The summed E-state index contributed by atoms with van der Waals surface area (Å²) in [6, 6.07) is 18.6. The van der Waals surface area contributed by atoms with E-state index in [0.29, 0.717) is 23.5 Å². The Morgan fingerprint density at radius 3 is 2.41 bits per heavy atom. The van der Waals surface area contributed by atoms with Crippen molar-refractivity contribution < 1.29 is 52.3 Å². The Balaban J connectivity index is 0.000000203. The number of aliphatic hydroxyl groups is 2. The van der Waals surface area contributed by atoms with Gasteiger partial charge in [0.1, 0.15) is 34.4 Å². The number of para-hydroxylation sites is 1. The minimum Gasteiger partial charge on any atom is -0.504 e. The number of benzene rings is 4. The lowest BCUT2D eigenvalue weighted by Gasteiger charge is -2.56. The van der Waals surface area contributed by atoms with Crippen LogP contribution in [0, 0.1) is 5.92 Å². The highest BCUT2D eigenvalue weighted by atomic mass is 35.5. The summed E-state index contributed by atoms with van der Waals surface area (Å²) in [5, 5.41) is 31.8. The predicted octanol–water partition coefficient (Wildman–Crippen LogP) is 4.07. The van der Waals surface area contributed by atoms with Crippen LogP contribution in [0.5, 0.6) is 28.7 Å². The zero-order valence-corrected chi connectivity index (χ0v) is 37.8. The number of methoxy groups -OCH3 is 3. The van der Waals surface area contributed by atoms with E-state index in [1.165, 1.54) is 73.8 Å². The van der Waals surface area contributed by atoms with Gasteiger partial charge in [-0.1, -0.05) is 48.0 Å². The number of ether oxygens (including phenoxy) is 4. The van der Waals surface area contributed by atoms with Gasteiger partial charge in [-0.15, -0.1) is 0 Å². The molecule has 4 heterocycles. The minimum atomic E-state index is -4.64. The lowest BCUT2D eigenvalue weighted by Crippen LogP contribution is -2.64. The van der Waals surface area contributed by atoms with E-state index in [-0.39, 0.29) is 74.4 Å². The molecule has 2 amide bonds. The van der Waals surface area contributed by atoms with Gasteiger partial charge in [-0.3, -0.25) is 14.5 Å². The number of likely N-dealkylation sites (N-methyl/N-ethyl adjacent to an activating group) is 2. The molecule has 0 unspecified atom stereocenters. The lowest BCUT2D eigenvalue weighted by molar-refractivity contribution is -0.138. The van der Waals surface area contributed by atoms with Crippen LogP contribution >= 0.6 is 11.6 Å². The van der Waals surface area contributed by atoms with E-state index in [2.05, 4.69) is 18.0 Å². The maximum Gasteiger partial charge on any atom is 0.274 e. The average Bonchev–Trinajstić information content (AvgIpc) is 3.93. The Labute approximate surface area is 377 Å². The van der Waals surface area contributed by atoms with Crippen molar-refractivity contribution in [2.45, 2.75) is 65.5 Å². The Hall–Kier alpha value is -5.36. The van der Waals surface area contributed by atoms with E-state index < -0.39 is 39.7 Å². The van der Waals surface area contributed by atoms with Crippen LogP contribution in [0.2, 0.25) is 5.02 Å². The Kier molecular flexibility index (Phi) is 10.9. The molecule has 15 nitrogen and oxygen atoms in total. The van der Waals surface area contributed by atoms with Gasteiger partial charge in [-0.25, -0.2) is 12.7 Å². The molecule has 17 heteroatoms. The van der Waals surface area contributed by atoms with E-state index in [1.54, 1.807) is 49.3 Å². The monoisotopic (exact) mass is 914 g/mol. The number of piperidine rings is 1. The highest BCUT2D eigenvalue weighted by molar-refractivity contribution is 7.93. The molecule has 0 aromatic heterocycles. The third-order valence-corrected chi connectivity index (χ3v) is 16.0. The number of β-amino-alcohol motifs (C(OH)–C–C–N with tert-alkyl or cyclic N) is 1. The summed E-state index contributed by atoms with van der Waals surface area (Å²) in [4.78, 5) is 33.8. The van der Waals surface area contributed by atoms with Gasteiger partial charge in [0.2, 0.25) is 5.91 Å². The van der Waals surface area contributed by atoms with Crippen molar-refractivity contribution in [1.82, 2.24) is 14.7 Å². The van der Waals surface area contributed by atoms with Crippen molar-refractivity contribution in [2.24, 2.45) is 5.92 Å². The molecule has 0 radical (unpaired) electrons. The largest absolute Gasteiger partial charge is 0.504 e. The van der Waals surface area contributed by atoms with Crippen LogP contribution in [-0.4, -0.2) is 136 Å². The van der Waals surface area contributed by atoms with Crippen LogP contribution in [0.25, 0.3) is 0 Å². The van der Waals surface area contributed by atoms with Crippen LogP contribution in [0.3, 0.4) is 0 Å². The number of fused-ring (bicyclic) bond motifs is 1. The molecule has 1 spiro atoms. The number of carbonyl (C=O) groups is 2. The molecule has 64 heavy (non-hydrogen) atoms. The molecular formula is C47H51ClN4O11S. The van der Waals surface area contributed by atoms with E-state index in [1.807, 2.05) is 12.1 Å². The van der Waals surface area contributed by atoms with Gasteiger partial charge in [-0.2, -0.15) is 0 Å². The SMILES string of the molecule is CN1CC[C@]23c4c5ccc(O)c4O[C@H]2[C@@H](O)C=C[C@H]3[C@H]1C5.COc1ccc(S(=O)(=O)N2C(=O)[C@@](c3ccccc3OC)(N3C[C@H](O)C[C@H]3C(=O)N(C)C)c3cc(Cl)ccc32)c(OC)c1. The number of aromatic hydroxyl groups is 1. The summed E-state index contributed by atoms with van der Waals surface area (Å²) < 4.78 is 52.2. The van der Waals surface area contributed by atoms with Crippen molar-refractivity contribution in [2.75, 3.05) is 59.9 Å². The van der Waals surface area contributed by atoms with E-state index >= 15 is 4.79 Å². The van der Waals surface area contributed by atoms with E-state index in [4.69, 9.17) is 30.5 Å². The molecule has 4 aliphatic heterocycles. The lowest BCUT2D eigenvalue weighted by atomic mass is 9.53. The number of likely N-dealkylation sites (tertiary alicyclic amines) is 2. The van der Waals surface area contributed by atoms with Gasteiger partial charge in [-0.05, 0) is 80.9 Å². The number of anilines is 1. The number of sulfonamides is 1. The molecule has 2 saturated heterocycles. The quantitative estimate of drug-likeness (QED) is 0.216. The molecule has 338 valence electrons. The molecule has 0 saturated carbocycles. The Bertz CT molecular complexity index is 2700. The number of phenolic OH excluding ortho intramolecular Hbond substituents is 1. The highest BCUT2D eigenvalue weighted by Gasteiger charge is 2.65. The Morgan fingerprint density at radius 2 is 1.69 bits per heavy atom. The molecule has 2 aliphatic carbocycles. The fourth-order valence-corrected chi connectivity index (χ4v) is 13.0. The van der Waals surface area contributed by atoms with Gasteiger partial charge >= 0.3 is 0 Å². The van der Waals surface area contributed by atoms with Gasteiger partial charge in [0.25, 0.3) is 15.9 Å². The zero-order chi connectivity index (χ0) is 45.6. The van der Waals surface area contributed by atoms with Gasteiger partial charge in [0.15, 0.2) is 17.0 Å². The first-order valence-electron chi connectivity index (χ1n) is 21.1. The molecular weight excluding hydrogens is 864 g/mol. The molecule has 6 aliphatic rings. The molecule has 4 aromatic carbocycles. The van der Waals surface area contributed by atoms with Crippen molar-refractivity contribution in [1.29, 1.82) is 0 Å². The van der Waals surface area contributed by atoms with Crippen molar-refractivity contribution in [3.8, 4) is 28.7 Å². The number of rotatable bonds is 8. The number of hydrogen-bond donors (Lipinski definition) is 3. The number of phenols is 1. The van der Waals surface area contributed by atoms with E-state index in [0.717, 1.165) is 23.7 Å². The summed E-state index contributed by atoms with van der Waals surface area (Å²) in [7, 11) is 4.89. The number of hydrogen-bond acceptors (Lipinski definition) is 13. The van der Waals surface area contributed by atoms with Crippen LogP contribution in [0.4, 0.5) is 5.69 Å². The van der Waals surface area contributed by atoms with E-state index in [9.17, 15) is 28.5 Å². The first-order valence-corrected chi connectivity index (χ1v) is 22.9. The number of amides is 2. The van der Waals surface area contributed by atoms with Crippen LogP contribution in [0.1, 0.15) is 35.1 Å². The molecule has 2 fully saturated rings. The van der Waals surface area contributed by atoms with Crippen LogP contribution in [0.15, 0.2) is 89.8 Å². The molecule has 3 N–H and O–H groups in total. The normalized spacial score (nSPS) is 28.7. The molecule has 10 rings (SSSR count).